The van der Waals surface area contributed by atoms with Crippen LogP contribution in [0.3, 0.4) is 0 Å². The van der Waals surface area contributed by atoms with Crippen molar-refractivity contribution in [1.82, 2.24) is 9.97 Å². The highest BCUT2D eigenvalue weighted by molar-refractivity contribution is 5.82. The van der Waals surface area contributed by atoms with E-state index in [9.17, 15) is 10.2 Å². The van der Waals surface area contributed by atoms with E-state index in [0.29, 0.717) is 22.9 Å². The van der Waals surface area contributed by atoms with Crippen LogP contribution < -0.4 is 18.9 Å². The van der Waals surface area contributed by atoms with E-state index in [1.54, 1.807) is 18.2 Å². The summed E-state index contributed by atoms with van der Waals surface area (Å²) in [6.45, 7) is 1.70. The first-order valence-electron chi connectivity index (χ1n) is 11.4. The van der Waals surface area contributed by atoms with E-state index in [-0.39, 0.29) is 23.9 Å². The van der Waals surface area contributed by atoms with Gasteiger partial charge in [-0.1, -0.05) is 30.3 Å². The summed E-state index contributed by atoms with van der Waals surface area (Å²) >= 11 is 0. The lowest BCUT2D eigenvalue weighted by atomic mass is 10.0. The Labute approximate surface area is 208 Å². The molecule has 0 radical (unpaired) electrons. The van der Waals surface area contributed by atoms with Gasteiger partial charge in [-0.2, -0.15) is 0 Å². The number of hydrogen-bond donors (Lipinski definition) is 2. The van der Waals surface area contributed by atoms with E-state index in [4.69, 9.17) is 18.9 Å². The molecule has 8 heteroatoms. The summed E-state index contributed by atoms with van der Waals surface area (Å²) in [4.78, 5) is 9.22. The van der Waals surface area contributed by atoms with Crippen molar-refractivity contribution in [3.63, 3.8) is 0 Å². The van der Waals surface area contributed by atoms with Crippen LogP contribution in [0, 0.1) is 6.92 Å². The summed E-state index contributed by atoms with van der Waals surface area (Å²) in [6.07, 6.45) is 2.45. The number of ether oxygens (including phenoxy) is 4. The van der Waals surface area contributed by atoms with Gasteiger partial charge in [-0.3, -0.25) is 0 Å². The number of hydrogen-bond acceptors (Lipinski definition) is 8. The molecule has 1 aliphatic heterocycles. The molecule has 36 heavy (non-hydrogen) atoms. The number of phenolic OH excluding ortho intramolecular Hbond substituents is 1. The first-order valence-corrected chi connectivity index (χ1v) is 11.4. The molecule has 3 aromatic carbocycles. The smallest absolute Gasteiger partial charge is 0.200 e. The highest BCUT2D eigenvalue weighted by Gasteiger charge is 2.34. The Balaban J connectivity index is 1.45. The van der Waals surface area contributed by atoms with Gasteiger partial charge in [0.25, 0.3) is 0 Å². The van der Waals surface area contributed by atoms with Gasteiger partial charge in [0, 0.05) is 16.6 Å². The topological polar surface area (TPSA) is 103 Å². The van der Waals surface area contributed by atoms with E-state index in [2.05, 4.69) is 9.97 Å². The second kappa shape index (κ2) is 9.75. The zero-order chi connectivity index (χ0) is 25.2. The second-order valence-electron chi connectivity index (χ2n) is 8.38. The van der Waals surface area contributed by atoms with Gasteiger partial charge in [0.05, 0.1) is 26.3 Å². The van der Waals surface area contributed by atoms with Crippen molar-refractivity contribution in [2.45, 2.75) is 19.1 Å². The molecular weight excluding hydrogens is 460 g/mol. The number of aromatic nitrogens is 2. The molecule has 0 unspecified atom stereocenters. The Kier molecular flexibility index (Phi) is 6.35. The van der Waals surface area contributed by atoms with Crippen LogP contribution in [0.15, 0.2) is 54.6 Å². The predicted octanol–water partition coefficient (Wildman–Crippen LogP) is 4.70. The highest BCUT2D eigenvalue weighted by Crippen LogP contribution is 2.44. The fourth-order valence-corrected chi connectivity index (χ4v) is 4.25. The lowest BCUT2D eigenvalue weighted by Crippen LogP contribution is -2.36. The molecule has 0 amide bonds. The van der Waals surface area contributed by atoms with Crippen LogP contribution in [0.4, 0.5) is 0 Å². The molecule has 0 saturated carbocycles. The maximum absolute atomic E-state index is 10.3. The number of aryl methyl sites for hydroxylation is 1. The molecule has 2 atom stereocenters. The van der Waals surface area contributed by atoms with Crippen LogP contribution in [0.5, 0.6) is 28.7 Å². The molecule has 184 valence electrons. The average molecular weight is 487 g/mol. The van der Waals surface area contributed by atoms with Gasteiger partial charge in [-0.15, -0.1) is 0 Å². The summed E-state index contributed by atoms with van der Waals surface area (Å²) < 4.78 is 22.9. The van der Waals surface area contributed by atoms with Crippen molar-refractivity contribution in [2.75, 3.05) is 20.8 Å². The van der Waals surface area contributed by atoms with Crippen molar-refractivity contribution in [3.8, 4) is 28.7 Å². The highest BCUT2D eigenvalue weighted by atomic mass is 16.6. The molecule has 0 fully saturated rings. The summed E-state index contributed by atoms with van der Waals surface area (Å²) in [5.74, 6) is 2.02. The first kappa shape index (κ1) is 23.4. The third kappa shape index (κ3) is 4.38. The number of para-hydroxylation sites is 1. The summed E-state index contributed by atoms with van der Waals surface area (Å²) in [6, 6.07) is 16.7. The average Bonchev–Trinajstić information content (AvgIpc) is 2.91. The molecule has 0 aliphatic carbocycles. The van der Waals surface area contributed by atoms with Crippen LogP contribution >= 0.6 is 0 Å². The first-order chi connectivity index (χ1) is 17.5. The molecule has 0 saturated heterocycles. The lowest BCUT2D eigenvalue weighted by Gasteiger charge is -2.33. The maximum atomic E-state index is 10.3. The Morgan fingerprint density at radius 2 is 1.67 bits per heavy atom. The van der Waals surface area contributed by atoms with Crippen LogP contribution in [0.25, 0.3) is 23.1 Å². The summed E-state index contributed by atoms with van der Waals surface area (Å²) in [7, 11) is 2.91. The van der Waals surface area contributed by atoms with Crippen LogP contribution in [0.1, 0.15) is 28.7 Å². The number of aliphatic hydroxyl groups excluding tert-OH is 1. The van der Waals surface area contributed by atoms with Crippen LogP contribution in [-0.4, -0.2) is 47.1 Å². The van der Waals surface area contributed by atoms with Gasteiger partial charge >= 0.3 is 0 Å². The monoisotopic (exact) mass is 486 g/mol. The second-order valence-corrected chi connectivity index (χ2v) is 8.38. The Bertz CT molecular complexity index is 1430. The van der Waals surface area contributed by atoms with Gasteiger partial charge in [0.15, 0.2) is 41.0 Å². The normalized spacial score (nSPS) is 16.9. The van der Waals surface area contributed by atoms with E-state index < -0.39 is 12.2 Å². The van der Waals surface area contributed by atoms with Crippen molar-refractivity contribution in [2.24, 2.45) is 0 Å². The fraction of sp³-hybridized carbons (Fsp3) is 0.214. The number of rotatable bonds is 6. The van der Waals surface area contributed by atoms with Gasteiger partial charge < -0.3 is 29.2 Å². The standard InChI is InChI=1S/C28H26N2O6/c1-16-19-6-4-5-7-20(19)30-26(29-16)11-9-17-8-10-21-22(12-17)36-28(25(15-31)35-21)18-13-23(33-2)27(32)24(14-18)34-3/h4-14,25,28,31-32H,15H2,1-3H3/b11-9+/t25-,28-/m0/s1. The number of methoxy groups -OCH3 is 2. The Morgan fingerprint density at radius 3 is 2.39 bits per heavy atom. The number of phenols is 1. The van der Waals surface area contributed by atoms with Crippen molar-refractivity contribution in [1.29, 1.82) is 0 Å². The van der Waals surface area contributed by atoms with E-state index in [0.717, 1.165) is 22.2 Å². The molecule has 1 aromatic heterocycles. The fourth-order valence-electron chi connectivity index (χ4n) is 4.25. The van der Waals surface area contributed by atoms with Crippen LogP contribution in [-0.2, 0) is 0 Å². The van der Waals surface area contributed by atoms with Crippen LogP contribution in [0.2, 0.25) is 0 Å². The quantitative estimate of drug-likeness (QED) is 0.404. The molecule has 8 nitrogen and oxygen atoms in total. The Morgan fingerprint density at radius 1 is 0.917 bits per heavy atom. The van der Waals surface area contributed by atoms with Crippen molar-refractivity contribution in [3.05, 3.63) is 77.2 Å². The predicted molar refractivity (Wildman–Crippen MR) is 136 cm³/mol. The van der Waals surface area contributed by atoms with Crippen molar-refractivity contribution < 1.29 is 29.2 Å². The van der Waals surface area contributed by atoms with Crippen molar-refractivity contribution >= 4 is 23.1 Å². The minimum absolute atomic E-state index is 0.111. The minimum Gasteiger partial charge on any atom is -0.502 e. The zero-order valence-corrected chi connectivity index (χ0v) is 20.1. The third-order valence-electron chi connectivity index (χ3n) is 6.08. The number of aromatic hydroxyl groups is 1. The Hall–Kier alpha value is -4.30. The van der Waals surface area contributed by atoms with E-state index >= 15 is 0 Å². The molecule has 2 heterocycles. The van der Waals surface area contributed by atoms with Gasteiger partial charge in [-0.05, 0) is 48.9 Å². The largest absolute Gasteiger partial charge is 0.502 e. The number of fused-ring (bicyclic) bond motifs is 2. The lowest BCUT2D eigenvalue weighted by molar-refractivity contribution is -0.0124. The van der Waals surface area contributed by atoms with Gasteiger partial charge in [-0.25, -0.2) is 9.97 Å². The number of nitrogens with zero attached hydrogens (tertiary/aromatic N) is 2. The molecule has 0 spiro atoms. The maximum Gasteiger partial charge on any atom is 0.200 e. The summed E-state index contributed by atoms with van der Waals surface area (Å²) in [5, 5.41) is 21.3. The van der Waals surface area contributed by atoms with E-state index in [1.165, 1.54) is 14.2 Å². The minimum atomic E-state index is -0.660. The third-order valence-corrected chi connectivity index (χ3v) is 6.08. The molecule has 1 aliphatic rings. The number of benzene rings is 3. The zero-order valence-electron chi connectivity index (χ0n) is 20.1. The van der Waals surface area contributed by atoms with E-state index in [1.807, 2.05) is 55.5 Å². The SMILES string of the molecule is COc1cc([C@@H]2Oc3cc(/C=C/c4nc(C)c5ccccc5n4)ccc3O[C@H]2CO)cc(OC)c1O. The molecule has 4 aromatic rings. The molecule has 0 bridgehead atoms. The molecule has 2 N–H and O–H groups in total. The van der Waals surface area contributed by atoms with Gasteiger partial charge in [0.1, 0.15) is 0 Å². The summed E-state index contributed by atoms with van der Waals surface area (Å²) in [5.41, 5.74) is 3.31. The van der Waals surface area contributed by atoms with Gasteiger partial charge in [0.2, 0.25) is 5.75 Å². The molecule has 5 rings (SSSR count). The molecular formula is C28H26N2O6. The number of aliphatic hydroxyl groups is 1.